The molecule has 11 heteroatoms. The number of carboxylic acid groups (broad SMARTS) is 1. The fourth-order valence-corrected chi connectivity index (χ4v) is 7.43. The van der Waals surface area contributed by atoms with Crippen molar-refractivity contribution >= 4 is 39.1 Å². The van der Waals surface area contributed by atoms with Gasteiger partial charge in [-0.3, -0.25) is 0 Å². The van der Waals surface area contributed by atoms with Crippen molar-refractivity contribution in [3.63, 3.8) is 0 Å². The molecule has 0 radical (unpaired) electrons. The van der Waals surface area contributed by atoms with Crippen LogP contribution in [0.2, 0.25) is 0 Å². The topological polar surface area (TPSA) is 96.4 Å². The Balaban J connectivity index is 1.93. The number of unbranched alkanes of at least 4 members (excludes halogenated alkanes) is 1. The molecule has 1 heterocycles. The zero-order valence-corrected chi connectivity index (χ0v) is 25.5. The van der Waals surface area contributed by atoms with Gasteiger partial charge in [0.25, 0.3) is 0 Å². The predicted octanol–water partition coefficient (Wildman–Crippen LogP) is 6.98. The Hall–Kier alpha value is -3.54. The Kier molecular flexibility index (Phi) is 10.5. The summed E-state index contributed by atoms with van der Waals surface area (Å²) in [6, 6.07) is 19.7. The molecule has 0 spiro atoms. The van der Waals surface area contributed by atoms with Gasteiger partial charge in [-0.25, -0.2) is 13.2 Å². The molecule has 224 valence electrons. The standard InChI is InChI=1S/C31H35FN2O6S2/c1-4-6-10-24-20-33(23-11-8-7-9-12-23)27-17-29(41-5-2)28(40-21-26(32)31(35)36)18-30(27)42(37,38)34(24)19-22-13-15-25(39-3)16-14-22/h7-9,11-18,21,24H,4-6,10,19-20H2,1-3H3,(H,35,36)/b26-21-. The Morgan fingerprint density at radius 1 is 1.12 bits per heavy atom. The first-order chi connectivity index (χ1) is 20.2. The number of rotatable bonds is 12. The molecule has 0 saturated carbocycles. The van der Waals surface area contributed by atoms with Gasteiger partial charge < -0.3 is 19.5 Å². The maximum atomic E-state index is 14.6. The molecule has 8 nitrogen and oxygen atoms in total. The fourth-order valence-electron chi connectivity index (χ4n) is 4.85. The molecular weight excluding hydrogens is 579 g/mol. The van der Waals surface area contributed by atoms with E-state index >= 15 is 0 Å². The number of methoxy groups -OCH3 is 1. The van der Waals surface area contributed by atoms with Crippen LogP contribution in [-0.2, 0) is 21.4 Å². The summed E-state index contributed by atoms with van der Waals surface area (Å²) in [4.78, 5) is 13.6. The third-order valence-corrected chi connectivity index (χ3v) is 9.80. The number of ether oxygens (including phenoxy) is 2. The average Bonchev–Trinajstić information content (AvgIpc) is 3.07. The van der Waals surface area contributed by atoms with E-state index in [0.29, 0.717) is 41.3 Å². The number of aliphatic carboxylic acids is 1. The van der Waals surface area contributed by atoms with Crippen molar-refractivity contribution in [2.75, 3.05) is 24.3 Å². The second kappa shape index (κ2) is 14.1. The van der Waals surface area contributed by atoms with E-state index in [9.17, 15) is 17.6 Å². The maximum Gasteiger partial charge on any atom is 0.368 e. The highest BCUT2D eigenvalue weighted by Crippen LogP contribution is 2.44. The third-order valence-electron chi connectivity index (χ3n) is 6.95. The van der Waals surface area contributed by atoms with Gasteiger partial charge in [-0.1, -0.05) is 57.0 Å². The maximum absolute atomic E-state index is 14.6. The van der Waals surface area contributed by atoms with Gasteiger partial charge in [0.15, 0.2) is 0 Å². The van der Waals surface area contributed by atoms with E-state index < -0.39 is 21.8 Å². The average molecular weight is 615 g/mol. The number of nitrogens with zero attached hydrogens (tertiary/aromatic N) is 2. The van der Waals surface area contributed by atoms with Crippen LogP contribution >= 0.6 is 11.8 Å². The number of benzene rings is 3. The Bertz CT molecular complexity index is 1510. The number of halogens is 1. The number of fused-ring (bicyclic) bond motifs is 1. The molecule has 0 aliphatic carbocycles. The van der Waals surface area contributed by atoms with Crippen molar-refractivity contribution in [3.05, 3.63) is 84.4 Å². The van der Waals surface area contributed by atoms with Crippen molar-refractivity contribution in [2.24, 2.45) is 0 Å². The number of para-hydroxylation sites is 1. The quantitative estimate of drug-likeness (QED) is 0.133. The van der Waals surface area contributed by atoms with Gasteiger partial charge >= 0.3 is 5.97 Å². The molecule has 1 N–H and O–H groups in total. The largest absolute Gasteiger partial charge is 0.497 e. The molecule has 0 bridgehead atoms. The summed E-state index contributed by atoms with van der Waals surface area (Å²) in [7, 11) is -2.55. The van der Waals surface area contributed by atoms with Crippen LogP contribution < -0.4 is 14.4 Å². The lowest BCUT2D eigenvalue weighted by Crippen LogP contribution is -2.43. The number of hydrogen-bond donors (Lipinski definition) is 1. The number of sulfonamides is 1. The first-order valence-corrected chi connectivity index (χ1v) is 16.2. The number of hydrogen-bond acceptors (Lipinski definition) is 7. The van der Waals surface area contributed by atoms with Crippen molar-refractivity contribution < 1.29 is 32.2 Å². The van der Waals surface area contributed by atoms with Crippen LogP contribution in [0.5, 0.6) is 11.5 Å². The number of anilines is 2. The molecule has 0 aromatic heterocycles. The molecule has 42 heavy (non-hydrogen) atoms. The zero-order valence-electron chi connectivity index (χ0n) is 23.8. The van der Waals surface area contributed by atoms with Crippen LogP contribution in [0.1, 0.15) is 38.7 Å². The van der Waals surface area contributed by atoms with Gasteiger partial charge in [0.1, 0.15) is 22.7 Å². The second-order valence-corrected chi connectivity index (χ2v) is 12.9. The van der Waals surface area contributed by atoms with E-state index in [-0.39, 0.29) is 23.2 Å². The minimum atomic E-state index is -4.12. The highest BCUT2D eigenvalue weighted by atomic mass is 32.2. The highest BCUT2D eigenvalue weighted by Gasteiger charge is 2.40. The summed E-state index contributed by atoms with van der Waals surface area (Å²) in [6.07, 6.45) is 2.88. The Labute approximate surface area is 250 Å². The van der Waals surface area contributed by atoms with Gasteiger partial charge in [0, 0.05) is 30.9 Å². The summed E-state index contributed by atoms with van der Waals surface area (Å²) in [5, 5.41) is 8.97. The smallest absolute Gasteiger partial charge is 0.368 e. The van der Waals surface area contributed by atoms with Crippen LogP contribution in [-0.4, -0.2) is 49.2 Å². The van der Waals surface area contributed by atoms with Crippen LogP contribution in [0.3, 0.4) is 0 Å². The number of carbonyl (C=O) groups is 1. The van der Waals surface area contributed by atoms with Crippen molar-refractivity contribution in [2.45, 2.75) is 55.5 Å². The van der Waals surface area contributed by atoms with Gasteiger partial charge in [-0.05, 0) is 48.1 Å². The number of carboxylic acids is 1. The van der Waals surface area contributed by atoms with Crippen LogP contribution in [0.25, 0.3) is 0 Å². The van der Waals surface area contributed by atoms with E-state index in [2.05, 4.69) is 6.92 Å². The molecule has 0 saturated heterocycles. The molecule has 1 aliphatic rings. The van der Waals surface area contributed by atoms with E-state index in [0.717, 1.165) is 24.1 Å². The van der Waals surface area contributed by atoms with Crippen LogP contribution in [0.4, 0.5) is 15.8 Å². The van der Waals surface area contributed by atoms with Gasteiger partial charge in [0.05, 0.1) is 17.7 Å². The zero-order chi connectivity index (χ0) is 30.3. The monoisotopic (exact) mass is 614 g/mol. The van der Waals surface area contributed by atoms with Crippen molar-refractivity contribution in [1.29, 1.82) is 0 Å². The summed E-state index contributed by atoms with van der Waals surface area (Å²) in [5.41, 5.74) is 2.11. The molecule has 0 amide bonds. The summed E-state index contributed by atoms with van der Waals surface area (Å²) < 4.78 is 55.4. The summed E-state index contributed by atoms with van der Waals surface area (Å²) in [5.74, 6) is -1.91. The minimum Gasteiger partial charge on any atom is -0.497 e. The summed E-state index contributed by atoms with van der Waals surface area (Å²) in [6.45, 7) is 4.55. The first kappa shape index (κ1) is 31.4. The Morgan fingerprint density at radius 2 is 1.83 bits per heavy atom. The van der Waals surface area contributed by atoms with Gasteiger partial charge in [0.2, 0.25) is 15.9 Å². The second-order valence-electron chi connectivity index (χ2n) is 9.73. The van der Waals surface area contributed by atoms with Gasteiger partial charge in [-0.2, -0.15) is 8.70 Å². The Morgan fingerprint density at radius 3 is 2.45 bits per heavy atom. The van der Waals surface area contributed by atoms with E-state index in [4.69, 9.17) is 14.6 Å². The molecule has 1 atom stereocenters. The predicted molar refractivity (Wildman–Crippen MR) is 163 cm³/mol. The molecule has 0 fully saturated rings. The van der Waals surface area contributed by atoms with Crippen molar-refractivity contribution in [1.82, 2.24) is 4.31 Å². The van der Waals surface area contributed by atoms with Gasteiger partial charge in [-0.15, -0.1) is 11.8 Å². The lowest BCUT2D eigenvalue weighted by molar-refractivity contribution is -0.134. The lowest BCUT2D eigenvalue weighted by Gasteiger charge is -2.31. The molecule has 3 aromatic rings. The van der Waals surface area contributed by atoms with Crippen LogP contribution in [0.15, 0.2) is 88.6 Å². The molecule has 3 aromatic carbocycles. The molecule has 1 unspecified atom stereocenters. The number of thioether (sulfide) groups is 1. The van der Waals surface area contributed by atoms with Crippen LogP contribution in [0, 0.1) is 0 Å². The fraction of sp³-hybridized carbons (Fsp3) is 0.323. The van der Waals surface area contributed by atoms with E-state index in [1.54, 1.807) is 25.3 Å². The molecule has 1 aliphatic heterocycles. The van der Waals surface area contributed by atoms with E-state index in [1.165, 1.54) is 22.1 Å². The molecule has 4 rings (SSSR count). The first-order valence-electron chi connectivity index (χ1n) is 13.7. The van der Waals surface area contributed by atoms with Crippen molar-refractivity contribution in [3.8, 4) is 11.5 Å². The SMILES string of the molecule is CCCCC1CN(c2ccccc2)c2cc(SCC)c(O/C=C(\F)C(=O)O)cc2S(=O)(=O)N1Cc1ccc(OC)cc1. The summed E-state index contributed by atoms with van der Waals surface area (Å²) >= 11 is 1.39. The molecular formula is C31H35FN2O6S2. The normalized spacial score (nSPS) is 16.9. The minimum absolute atomic E-state index is 0.00144. The lowest BCUT2D eigenvalue weighted by atomic mass is 10.1. The highest BCUT2D eigenvalue weighted by molar-refractivity contribution is 7.99. The van der Waals surface area contributed by atoms with E-state index in [1.807, 2.05) is 54.3 Å². The third kappa shape index (κ3) is 7.08.